The van der Waals surface area contributed by atoms with Gasteiger partial charge in [-0.1, -0.05) is 19.1 Å². The zero-order valence-electron chi connectivity index (χ0n) is 14.8. The molecule has 1 aromatic heterocycles. The van der Waals surface area contributed by atoms with E-state index in [-0.39, 0.29) is 36.1 Å². The summed E-state index contributed by atoms with van der Waals surface area (Å²) in [6.45, 7) is 4.63. The van der Waals surface area contributed by atoms with Gasteiger partial charge in [-0.25, -0.2) is 0 Å². The van der Waals surface area contributed by atoms with Crippen molar-refractivity contribution in [3.05, 3.63) is 59.9 Å². The zero-order chi connectivity index (χ0) is 17.0. The maximum absolute atomic E-state index is 12.7. The lowest BCUT2D eigenvalue weighted by Gasteiger charge is -2.22. The van der Waals surface area contributed by atoms with E-state index in [4.69, 9.17) is 10.5 Å². The summed E-state index contributed by atoms with van der Waals surface area (Å²) < 4.78 is 5.78. The third-order valence-electron chi connectivity index (χ3n) is 4.55. The van der Waals surface area contributed by atoms with Crippen molar-refractivity contribution in [1.29, 1.82) is 0 Å². The number of likely N-dealkylation sites (tertiary alicyclic amines) is 1. The molecule has 3 rings (SSSR count). The Morgan fingerprint density at radius 1 is 1.31 bits per heavy atom. The summed E-state index contributed by atoms with van der Waals surface area (Å²) in [4.78, 5) is 18.6. The van der Waals surface area contributed by atoms with Crippen LogP contribution < -0.4 is 10.5 Å². The number of nitrogens with zero attached hydrogens (tertiary/aromatic N) is 2. The lowest BCUT2D eigenvalue weighted by molar-refractivity contribution is 0.0776. The molecule has 1 saturated heterocycles. The van der Waals surface area contributed by atoms with Crippen molar-refractivity contribution in [2.75, 3.05) is 19.6 Å². The van der Waals surface area contributed by atoms with E-state index >= 15 is 0 Å². The molecule has 0 radical (unpaired) electrons. The molecule has 1 amide bonds. The van der Waals surface area contributed by atoms with Gasteiger partial charge in [0, 0.05) is 36.6 Å². The summed E-state index contributed by atoms with van der Waals surface area (Å²) >= 11 is 0. The third kappa shape index (κ3) is 5.34. The number of carbonyl (C=O) groups excluding carboxylic acids is 1. The largest absolute Gasteiger partial charge is 0.489 e. The number of hydrogen-bond acceptors (Lipinski definition) is 4. The van der Waals surface area contributed by atoms with Crippen molar-refractivity contribution in [2.45, 2.75) is 20.0 Å². The molecule has 0 saturated carbocycles. The molecule has 26 heavy (non-hydrogen) atoms. The lowest BCUT2D eigenvalue weighted by atomic mass is 9.90. The van der Waals surface area contributed by atoms with Crippen LogP contribution in [0.25, 0.3) is 0 Å². The van der Waals surface area contributed by atoms with Gasteiger partial charge in [0.05, 0.1) is 0 Å². The Hall–Kier alpha value is -1.82. The van der Waals surface area contributed by atoms with E-state index in [2.05, 4.69) is 11.9 Å². The molecule has 2 aromatic rings. The van der Waals surface area contributed by atoms with E-state index in [9.17, 15) is 4.79 Å². The molecular weight excluding hydrogens is 373 g/mol. The predicted molar refractivity (Wildman–Crippen MR) is 107 cm³/mol. The van der Waals surface area contributed by atoms with Crippen LogP contribution in [0, 0.1) is 5.41 Å². The minimum Gasteiger partial charge on any atom is -0.489 e. The first-order valence-electron chi connectivity index (χ1n) is 8.21. The van der Waals surface area contributed by atoms with E-state index in [0.29, 0.717) is 31.0 Å². The number of halogens is 2. The number of rotatable bonds is 5. The number of nitrogens with two attached hydrogens (primary N) is 1. The summed E-state index contributed by atoms with van der Waals surface area (Å²) in [5, 5.41) is 0. The Bertz CT molecular complexity index is 715. The zero-order valence-corrected chi connectivity index (χ0v) is 16.4. The number of benzene rings is 1. The van der Waals surface area contributed by atoms with Crippen LogP contribution in [-0.2, 0) is 6.61 Å². The Morgan fingerprint density at radius 2 is 2.12 bits per heavy atom. The van der Waals surface area contributed by atoms with E-state index in [1.54, 1.807) is 18.5 Å². The highest BCUT2D eigenvalue weighted by Crippen LogP contribution is 2.29. The molecule has 0 spiro atoms. The SMILES string of the molecule is CC1(CN)CCN(C(=O)c2cccc(OCc3cccnc3)c2)C1.Cl.Cl. The first kappa shape index (κ1) is 22.2. The molecule has 142 valence electrons. The molecule has 1 atom stereocenters. The summed E-state index contributed by atoms with van der Waals surface area (Å²) in [7, 11) is 0. The van der Waals surface area contributed by atoms with Gasteiger partial charge in [-0.2, -0.15) is 0 Å². The smallest absolute Gasteiger partial charge is 0.254 e. The second-order valence-corrected chi connectivity index (χ2v) is 6.67. The second kappa shape index (κ2) is 9.76. The van der Waals surface area contributed by atoms with Gasteiger partial charge in [0.1, 0.15) is 12.4 Å². The first-order valence-corrected chi connectivity index (χ1v) is 8.21. The number of amides is 1. The molecule has 1 unspecified atom stereocenters. The Morgan fingerprint density at radius 3 is 2.77 bits per heavy atom. The molecule has 1 aliphatic heterocycles. The third-order valence-corrected chi connectivity index (χ3v) is 4.55. The van der Waals surface area contributed by atoms with Crippen molar-refractivity contribution in [1.82, 2.24) is 9.88 Å². The van der Waals surface area contributed by atoms with Crippen LogP contribution >= 0.6 is 24.8 Å². The molecule has 1 fully saturated rings. The van der Waals surface area contributed by atoms with Gasteiger partial charge < -0.3 is 15.4 Å². The van der Waals surface area contributed by atoms with Gasteiger partial charge >= 0.3 is 0 Å². The van der Waals surface area contributed by atoms with E-state index in [0.717, 1.165) is 18.5 Å². The highest BCUT2D eigenvalue weighted by molar-refractivity contribution is 5.94. The first-order chi connectivity index (χ1) is 11.6. The average molecular weight is 398 g/mol. The number of aromatic nitrogens is 1. The molecule has 1 aromatic carbocycles. The fourth-order valence-electron chi connectivity index (χ4n) is 2.92. The Kier molecular flexibility index (Phi) is 8.34. The van der Waals surface area contributed by atoms with Crippen LogP contribution in [0.5, 0.6) is 5.75 Å². The summed E-state index contributed by atoms with van der Waals surface area (Å²) in [6, 6.07) is 11.2. The predicted octanol–water partition coefficient (Wildman–Crippen LogP) is 3.32. The van der Waals surface area contributed by atoms with Crippen LogP contribution in [0.4, 0.5) is 0 Å². The molecule has 5 nitrogen and oxygen atoms in total. The highest BCUT2D eigenvalue weighted by Gasteiger charge is 2.35. The Balaban J connectivity index is 0.00000169. The van der Waals surface area contributed by atoms with Gasteiger partial charge in [-0.05, 0) is 42.6 Å². The maximum Gasteiger partial charge on any atom is 0.254 e. The molecule has 2 heterocycles. The van der Waals surface area contributed by atoms with Crippen molar-refractivity contribution in [3.63, 3.8) is 0 Å². The minimum absolute atomic E-state index is 0. The minimum atomic E-state index is 0. The summed E-state index contributed by atoms with van der Waals surface area (Å²) in [5.41, 5.74) is 7.50. The standard InChI is InChI=1S/C19H23N3O2.2ClH/c1-19(13-20)7-9-22(14-19)18(23)16-5-2-6-17(10-16)24-12-15-4-3-8-21-11-15;;/h2-6,8,10-11H,7,9,12-14,20H2,1H3;2*1H. The van der Waals surface area contributed by atoms with Crippen molar-refractivity contribution in [3.8, 4) is 5.75 Å². The van der Waals surface area contributed by atoms with Crippen LogP contribution in [0.15, 0.2) is 48.8 Å². The number of pyridine rings is 1. The maximum atomic E-state index is 12.7. The van der Waals surface area contributed by atoms with Crippen LogP contribution in [-0.4, -0.2) is 35.4 Å². The van der Waals surface area contributed by atoms with Crippen LogP contribution in [0.2, 0.25) is 0 Å². The van der Waals surface area contributed by atoms with Gasteiger partial charge in [0.25, 0.3) is 5.91 Å². The van der Waals surface area contributed by atoms with Gasteiger partial charge in [-0.3, -0.25) is 9.78 Å². The molecular formula is C19H25Cl2N3O2. The van der Waals surface area contributed by atoms with Crippen LogP contribution in [0.1, 0.15) is 29.3 Å². The summed E-state index contributed by atoms with van der Waals surface area (Å²) in [6.07, 6.45) is 4.45. The topological polar surface area (TPSA) is 68.5 Å². The van der Waals surface area contributed by atoms with E-state index in [1.807, 2.05) is 35.2 Å². The lowest BCUT2D eigenvalue weighted by Crippen LogP contribution is -2.34. The normalized spacial score (nSPS) is 18.6. The molecule has 0 bridgehead atoms. The number of carbonyl (C=O) groups is 1. The quantitative estimate of drug-likeness (QED) is 0.839. The molecule has 0 aliphatic carbocycles. The van der Waals surface area contributed by atoms with Crippen molar-refractivity contribution in [2.24, 2.45) is 11.1 Å². The fourth-order valence-corrected chi connectivity index (χ4v) is 2.92. The average Bonchev–Trinajstić information content (AvgIpc) is 3.03. The summed E-state index contributed by atoms with van der Waals surface area (Å²) in [5.74, 6) is 0.726. The monoisotopic (exact) mass is 397 g/mol. The Labute approximate surface area is 166 Å². The second-order valence-electron chi connectivity index (χ2n) is 6.67. The molecule has 1 aliphatic rings. The number of hydrogen-bond donors (Lipinski definition) is 1. The fraction of sp³-hybridized carbons (Fsp3) is 0.368. The van der Waals surface area contributed by atoms with Crippen molar-refractivity contribution >= 4 is 30.7 Å². The van der Waals surface area contributed by atoms with Crippen molar-refractivity contribution < 1.29 is 9.53 Å². The number of ether oxygens (including phenoxy) is 1. The highest BCUT2D eigenvalue weighted by atomic mass is 35.5. The van der Waals surface area contributed by atoms with Gasteiger partial charge in [0.15, 0.2) is 0 Å². The van der Waals surface area contributed by atoms with Gasteiger partial charge in [-0.15, -0.1) is 24.8 Å². The van der Waals surface area contributed by atoms with E-state index < -0.39 is 0 Å². The van der Waals surface area contributed by atoms with Gasteiger partial charge in [0.2, 0.25) is 0 Å². The molecule has 2 N–H and O–H groups in total. The molecule has 7 heteroatoms. The van der Waals surface area contributed by atoms with Crippen LogP contribution in [0.3, 0.4) is 0 Å². The van der Waals surface area contributed by atoms with E-state index in [1.165, 1.54) is 0 Å².